The molecule has 0 radical (unpaired) electrons. The molecule has 1 nitrogen and oxygen atoms in total. The van der Waals surface area contributed by atoms with Crippen LogP contribution in [0.2, 0.25) is 0 Å². The van der Waals surface area contributed by atoms with Crippen LogP contribution in [0.4, 0.5) is 0 Å². The number of aromatic nitrogens is 1. The zero-order chi connectivity index (χ0) is 11.4. The maximum absolute atomic E-state index is 4.24. The van der Waals surface area contributed by atoms with Crippen molar-refractivity contribution in [3.8, 4) is 0 Å². The maximum Gasteiger partial charge on any atom is 0.0410 e. The topological polar surface area (TPSA) is 12.9 Å². The lowest BCUT2D eigenvalue weighted by Gasteiger charge is -2.19. The average molecular weight is 347 g/mol. The molecule has 1 fully saturated rings. The van der Waals surface area contributed by atoms with E-state index in [4.69, 9.17) is 0 Å². The lowest BCUT2D eigenvalue weighted by Crippen LogP contribution is -2.15. The van der Waals surface area contributed by atoms with Crippen LogP contribution >= 0.6 is 31.9 Å². The van der Waals surface area contributed by atoms with Crippen LogP contribution in [0.15, 0.2) is 22.9 Å². The highest BCUT2D eigenvalue weighted by Crippen LogP contribution is 2.31. The average Bonchev–Trinajstić information content (AvgIpc) is 2.45. The molecule has 1 aliphatic carbocycles. The number of nitrogens with zero attached hydrogens (tertiary/aromatic N) is 1. The monoisotopic (exact) mass is 345 g/mol. The van der Waals surface area contributed by atoms with Crippen LogP contribution in [0.1, 0.15) is 37.7 Å². The van der Waals surface area contributed by atoms with Gasteiger partial charge in [-0.3, -0.25) is 4.98 Å². The van der Waals surface area contributed by atoms with Crippen molar-refractivity contribution in [3.05, 3.63) is 28.5 Å². The van der Waals surface area contributed by atoms with Crippen LogP contribution in [-0.4, -0.2) is 9.81 Å². The Morgan fingerprint density at radius 1 is 1.19 bits per heavy atom. The van der Waals surface area contributed by atoms with Gasteiger partial charge >= 0.3 is 0 Å². The normalized spacial score (nSPS) is 26.4. The maximum atomic E-state index is 4.24. The molecule has 1 aliphatic rings. The molecular formula is C13H17Br2N. The molecule has 1 aromatic heterocycles. The Bertz CT molecular complexity index is 340. The first-order chi connectivity index (χ1) is 7.75. The second kappa shape index (κ2) is 6.15. The predicted molar refractivity (Wildman–Crippen MR) is 74.9 cm³/mol. The second-order valence-electron chi connectivity index (χ2n) is 4.63. The van der Waals surface area contributed by atoms with Gasteiger partial charge in [-0.15, -0.1) is 0 Å². The van der Waals surface area contributed by atoms with Gasteiger partial charge < -0.3 is 0 Å². The van der Waals surface area contributed by atoms with Gasteiger partial charge in [0, 0.05) is 21.7 Å². The zero-order valence-electron chi connectivity index (χ0n) is 9.33. The predicted octanol–water partition coefficient (Wildman–Crippen LogP) is 4.73. The van der Waals surface area contributed by atoms with Crippen molar-refractivity contribution >= 4 is 31.9 Å². The number of hydrogen-bond acceptors (Lipinski definition) is 1. The van der Waals surface area contributed by atoms with E-state index in [-0.39, 0.29) is 0 Å². The molecule has 0 amide bonds. The van der Waals surface area contributed by atoms with E-state index in [0.29, 0.717) is 4.83 Å². The van der Waals surface area contributed by atoms with Gasteiger partial charge in [0.05, 0.1) is 0 Å². The Balaban J connectivity index is 2.02. The van der Waals surface area contributed by atoms with Gasteiger partial charge in [0.15, 0.2) is 0 Å². The van der Waals surface area contributed by atoms with Crippen molar-refractivity contribution < 1.29 is 0 Å². The van der Waals surface area contributed by atoms with E-state index in [0.717, 1.165) is 16.8 Å². The first kappa shape index (κ1) is 12.6. The Labute approximate surface area is 114 Å². The smallest absolute Gasteiger partial charge is 0.0410 e. The third-order valence-corrected chi connectivity index (χ3v) is 4.96. The van der Waals surface area contributed by atoms with Crippen LogP contribution in [0, 0.1) is 5.92 Å². The zero-order valence-corrected chi connectivity index (χ0v) is 12.5. The summed E-state index contributed by atoms with van der Waals surface area (Å²) < 4.78 is 1.09. The van der Waals surface area contributed by atoms with Gasteiger partial charge in [-0.1, -0.05) is 35.2 Å². The number of pyridine rings is 1. The number of halogens is 2. The third kappa shape index (κ3) is 3.56. The van der Waals surface area contributed by atoms with Crippen LogP contribution < -0.4 is 0 Å². The highest BCUT2D eigenvalue weighted by Gasteiger charge is 2.21. The highest BCUT2D eigenvalue weighted by molar-refractivity contribution is 9.10. The summed E-state index contributed by atoms with van der Waals surface area (Å²) in [5, 5.41) is 0. The molecule has 0 bridgehead atoms. The minimum absolute atomic E-state index is 0.689. The van der Waals surface area contributed by atoms with Crippen LogP contribution in [-0.2, 0) is 6.42 Å². The summed E-state index contributed by atoms with van der Waals surface area (Å²) in [6.45, 7) is 0. The summed E-state index contributed by atoms with van der Waals surface area (Å²) in [6, 6.07) is 2.19. The number of rotatable bonds is 2. The quantitative estimate of drug-likeness (QED) is 0.557. The van der Waals surface area contributed by atoms with Crippen molar-refractivity contribution in [2.45, 2.75) is 43.4 Å². The van der Waals surface area contributed by atoms with E-state index >= 15 is 0 Å². The molecule has 2 rings (SSSR count). The second-order valence-corrected chi connectivity index (χ2v) is 6.72. The van der Waals surface area contributed by atoms with Gasteiger partial charge in [-0.05, 0) is 52.7 Å². The minimum atomic E-state index is 0.689. The SMILES string of the molecule is Brc1cncc(CC2CCCCCC2Br)c1. The molecule has 1 aromatic rings. The van der Waals surface area contributed by atoms with Gasteiger partial charge in [0.1, 0.15) is 0 Å². The molecule has 0 spiro atoms. The minimum Gasteiger partial charge on any atom is -0.263 e. The largest absolute Gasteiger partial charge is 0.263 e. The molecule has 2 atom stereocenters. The van der Waals surface area contributed by atoms with Crippen molar-refractivity contribution in [3.63, 3.8) is 0 Å². The molecule has 88 valence electrons. The van der Waals surface area contributed by atoms with Crippen molar-refractivity contribution in [2.75, 3.05) is 0 Å². The number of hydrogen-bond donors (Lipinski definition) is 0. The Morgan fingerprint density at radius 3 is 2.81 bits per heavy atom. The van der Waals surface area contributed by atoms with Gasteiger partial charge in [0.2, 0.25) is 0 Å². The van der Waals surface area contributed by atoms with Crippen LogP contribution in [0.25, 0.3) is 0 Å². The summed E-state index contributed by atoms with van der Waals surface area (Å²) in [4.78, 5) is 4.92. The molecule has 1 heterocycles. The van der Waals surface area contributed by atoms with Crippen molar-refractivity contribution in [1.82, 2.24) is 4.98 Å². The molecule has 0 aromatic carbocycles. The summed E-state index contributed by atoms with van der Waals surface area (Å²) in [7, 11) is 0. The van der Waals surface area contributed by atoms with E-state index in [9.17, 15) is 0 Å². The molecule has 0 saturated heterocycles. The molecule has 0 aliphatic heterocycles. The van der Waals surface area contributed by atoms with E-state index in [1.54, 1.807) is 0 Å². The fourth-order valence-electron chi connectivity index (χ4n) is 2.44. The van der Waals surface area contributed by atoms with Gasteiger partial charge in [0.25, 0.3) is 0 Å². The molecule has 1 saturated carbocycles. The Hall–Kier alpha value is 0.110. The molecule has 3 heteroatoms. The van der Waals surface area contributed by atoms with Gasteiger partial charge in [-0.2, -0.15) is 0 Å². The lowest BCUT2D eigenvalue weighted by molar-refractivity contribution is 0.475. The first-order valence-electron chi connectivity index (χ1n) is 5.99. The summed E-state index contributed by atoms with van der Waals surface area (Å²) in [5.41, 5.74) is 1.35. The van der Waals surface area contributed by atoms with E-state index < -0.39 is 0 Å². The van der Waals surface area contributed by atoms with E-state index in [1.807, 2.05) is 12.4 Å². The third-order valence-electron chi connectivity index (χ3n) is 3.33. The van der Waals surface area contributed by atoms with Crippen LogP contribution in [0.5, 0.6) is 0 Å². The molecule has 2 unspecified atom stereocenters. The van der Waals surface area contributed by atoms with Crippen LogP contribution in [0.3, 0.4) is 0 Å². The lowest BCUT2D eigenvalue weighted by atomic mass is 9.93. The standard InChI is InChI=1S/C13H17Br2N/c14-12-7-10(8-16-9-12)6-11-4-2-1-3-5-13(11)15/h7-9,11,13H,1-6H2. The summed E-state index contributed by atoms with van der Waals surface area (Å²) >= 11 is 7.33. The first-order valence-corrected chi connectivity index (χ1v) is 7.70. The van der Waals surface area contributed by atoms with Crippen molar-refractivity contribution in [2.24, 2.45) is 5.92 Å². The Kier molecular flexibility index (Phi) is 4.83. The Morgan fingerprint density at radius 2 is 2.00 bits per heavy atom. The molecule has 0 N–H and O–H groups in total. The highest BCUT2D eigenvalue weighted by atomic mass is 79.9. The van der Waals surface area contributed by atoms with Crippen molar-refractivity contribution in [1.29, 1.82) is 0 Å². The molecule has 16 heavy (non-hydrogen) atoms. The summed E-state index contributed by atoms with van der Waals surface area (Å²) in [6.07, 6.45) is 11.8. The fourth-order valence-corrected chi connectivity index (χ4v) is 3.63. The summed E-state index contributed by atoms with van der Waals surface area (Å²) in [5.74, 6) is 0.776. The number of alkyl halides is 1. The fraction of sp³-hybridized carbons (Fsp3) is 0.615. The molecular weight excluding hydrogens is 330 g/mol. The van der Waals surface area contributed by atoms with E-state index in [2.05, 4.69) is 42.9 Å². The van der Waals surface area contributed by atoms with E-state index in [1.165, 1.54) is 37.7 Å². The van der Waals surface area contributed by atoms with Gasteiger partial charge in [-0.25, -0.2) is 0 Å².